The SMILES string of the molecule is CC(=O)OC(C)C(Oc1ccccc1)O[Si](C)(C)C(C)(C)C. The van der Waals surface area contributed by atoms with Gasteiger partial charge in [-0.05, 0) is 37.2 Å². The molecule has 2 atom stereocenters. The molecule has 5 heteroatoms. The fourth-order valence-corrected chi connectivity index (χ4v) is 2.81. The first kappa shape index (κ1) is 18.7. The second-order valence-corrected chi connectivity index (χ2v) is 11.7. The highest BCUT2D eigenvalue weighted by molar-refractivity contribution is 6.74. The number of ether oxygens (including phenoxy) is 2. The van der Waals surface area contributed by atoms with Gasteiger partial charge in [-0.25, -0.2) is 0 Å². The van der Waals surface area contributed by atoms with Crippen LogP contribution >= 0.6 is 0 Å². The lowest BCUT2D eigenvalue weighted by atomic mass is 10.2. The molecule has 1 rings (SSSR count). The van der Waals surface area contributed by atoms with Gasteiger partial charge in [0, 0.05) is 6.92 Å². The molecule has 0 radical (unpaired) electrons. The fraction of sp³-hybridized carbons (Fsp3) is 0.588. The third-order valence-electron chi connectivity index (χ3n) is 3.95. The Labute approximate surface area is 134 Å². The van der Waals surface area contributed by atoms with E-state index in [9.17, 15) is 4.79 Å². The zero-order chi connectivity index (χ0) is 17.0. The lowest BCUT2D eigenvalue weighted by Crippen LogP contribution is -2.49. The maximum absolute atomic E-state index is 11.3. The Morgan fingerprint density at radius 3 is 2.14 bits per heavy atom. The lowest BCUT2D eigenvalue weighted by Gasteiger charge is -2.40. The van der Waals surface area contributed by atoms with E-state index >= 15 is 0 Å². The van der Waals surface area contributed by atoms with E-state index in [1.165, 1.54) is 6.92 Å². The summed E-state index contributed by atoms with van der Waals surface area (Å²) >= 11 is 0. The van der Waals surface area contributed by atoms with Gasteiger partial charge in [-0.3, -0.25) is 4.79 Å². The monoisotopic (exact) mass is 324 g/mol. The van der Waals surface area contributed by atoms with Crippen LogP contribution in [0, 0.1) is 0 Å². The number of para-hydroxylation sites is 1. The zero-order valence-corrected chi connectivity index (χ0v) is 15.7. The molecule has 0 saturated carbocycles. The Morgan fingerprint density at radius 2 is 1.68 bits per heavy atom. The average molecular weight is 324 g/mol. The number of carbonyl (C=O) groups is 1. The largest absolute Gasteiger partial charge is 0.462 e. The molecule has 0 N–H and O–H groups in total. The lowest BCUT2D eigenvalue weighted by molar-refractivity contribution is -0.162. The van der Waals surface area contributed by atoms with Gasteiger partial charge in [0.05, 0.1) is 0 Å². The van der Waals surface area contributed by atoms with E-state index in [4.69, 9.17) is 13.9 Å². The molecule has 0 spiro atoms. The predicted octanol–water partition coefficient (Wildman–Crippen LogP) is 4.36. The number of esters is 1. The predicted molar refractivity (Wildman–Crippen MR) is 90.4 cm³/mol. The highest BCUT2D eigenvalue weighted by Crippen LogP contribution is 2.38. The molecule has 4 nitrogen and oxygen atoms in total. The van der Waals surface area contributed by atoms with Crippen LogP contribution in [0.4, 0.5) is 0 Å². The van der Waals surface area contributed by atoms with Crippen LogP contribution in [0.25, 0.3) is 0 Å². The number of benzene rings is 1. The second kappa shape index (κ2) is 7.29. The molecule has 22 heavy (non-hydrogen) atoms. The van der Waals surface area contributed by atoms with Gasteiger partial charge in [-0.2, -0.15) is 0 Å². The third-order valence-corrected chi connectivity index (χ3v) is 8.38. The summed E-state index contributed by atoms with van der Waals surface area (Å²) in [7, 11) is -2.05. The van der Waals surface area contributed by atoms with E-state index in [0.29, 0.717) is 5.75 Å². The summed E-state index contributed by atoms with van der Waals surface area (Å²) in [6.07, 6.45) is -1.10. The minimum absolute atomic E-state index is 0.0429. The Hall–Kier alpha value is -1.33. The van der Waals surface area contributed by atoms with E-state index in [2.05, 4.69) is 33.9 Å². The molecule has 0 aliphatic rings. The van der Waals surface area contributed by atoms with Crippen molar-refractivity contribution >= 4 is 14.3 Å². The van der Waals surface area contributed by atoms with Crippen molar-refractivity contribution in [2.75, 3.05) is 0 Å². The van der Waals surface area contributed by atoms with Crippen molar-refractivity contribution < 1.29 is 18.7 Å². The minimum Gasteiger partial charge on any atom is -0.462 e. The smallest absolute Gasteiger partial charge is 0.303 e. The van der Waals surface area contributed by atoms with Crippen molar-refractivity contribution in [3.05, 3.63) is 30.3 Å². The molecule has 0 fully saturated rings. The van der Waals surface area contributed by atoms with Gasteiger partial charge < -0.3 is 13.9 Å². The first-order valence-corrected chi connectivity index (χ1v) is 10.5. The molecule has 1 aromatic rings. The van der Waals surface area contributed by atoms with Crippen LogP contribution in [0.3, 0.4) is 0 Å². The van der Waals surface area contributed by atoms with Gasteiger partial charge in [-0.15, -0.1) is 0 Å². The molecule has 0 heterocycles. The third kappa shape index (κ3) is 5.46. The van der Waals surface area contributed by atoms with Gasteiger partial charge in [0.15, 0.2) is 14.4 Å². The van der Waals surface area contributed by atoms with Crippen LogP contribution in [0.15, 0.2) is 30.3 Å². The molecule has 0 aliphatic carbocycles. The van der Waals surface area contributed by atoms with Crippen LogP contribution in [0.2, 0.25) is 18.1 Å². The average Bonchev–Trinajstić information content (AvgIpc) is 2.36. The van der Waals surface area contributed by atoms with Crippen molar-refractivity contribution in [3.63, 3.8) is 0 Å². The van der Waals surface area contributed by atoms with Gasteiger partial charge in [0.1, 0.15) is 5.75 Å². The second-order valence-electron chi connectivity index (χ2n) is 6.99. The van der Waals surface area contributed by atoms with Crippen LogP contribution in [0.5, 0.6) is 5.75 Å². The Morgan fingerprint density at radius 1 is 1.14 bits per heavy atom. The highest BCUT2D eigenvalue weighted by atomic mass is 28.4. The van der Waals surface area contributed by atoms with E-state index in [0.717, 1.165) is 0 Å². The van der Waals surface area contributed by atoms with Gasteiger partial charge >= 0.3 is 5.97 Å². The Kier molecular flexibility index (Phi) is 6.20. The van der Waals surface area contributed by atoms with Crippen LogP contribution in [-0.2, 0) is 14.0 Å². The number of rotatable bonds is 6. The van der Waals surface area contributed by atoms with Crippen molar-refractivity contribution in [2.24, 2.45) is 0 Å². The zero-order valence-electron chi connectivity index (χ0n) is 14.7. The fourth-order valence-electron chi connectivity index (χ4n) is 1.63. The van der Waals surface area contributed by atoms with E-state index < -0.39 is 20.7 Å². The maximum Gasteiger partial charge on any atom is 0.303 e. The van der Waals surface area contributed by atoms with Crippen LogP contribution in [0.1, 0.15) is 34.6 Å². The molecule has 2 unspecified atom stereocenters. The summed E-state index contributed by atoms with van der Waals surface area (Å²) < 4.78 is 17.5. The topological polar surface area (TPSA) is 44.8 Å². The van der Waals surface area contributed by atoms with E-state index in [1.807, 2.05) is 30.3 Å². The molecule has 0 aliphatic heterocycles. The summed E-state index contributed by atoms with van der Waals surface area (Å²) in [5.74, 6) is 0.359. The minimum atomic E-state index is -2.05. The Bertz CT molecular complexity index is 479. The first-order valence-electron chi connectivity index (χ1n) is 7.59. The molecular formula is C17H28O4Si. The molecule has 0 amide bonds. The van der Waals surface area contributed by atoms with E-state index in [1.54, 1.807) is 6.92 Å². The Balaban J connectivity index is 2.93. The number of hydrogen-bond acceptors (Lipinski definition) is 4. The quantitative estimate of drug-likeness (QED) is 0.443. The van der Waals surface area contributed by atoms with Crippen LogP contribution in [-0.4, -0.2) is 26.7 Å². The number of carbonyl (C=O) groups excluding carboxylic acids is 1. The summed E-state index contributed by atoms with van der Waals surface area (Å²) in [6, 6.07) is 9.45. The van der Waals surface area contributed by atoms with Gasteiger partial charge in [0.25, 0.3) is 0 Å². The number of hydrogen-bond donors (Lipinski definition) is 0. The summed E-state index contributed by atoms with van der Waals surface area (Å²) in [4.78, 5) is 11.3. The highest BCUT2D eigenvalue weighted by Gasteiger charge is 2.41. The summed E-state index contributed by atoms with van der Waals surface area (Å²) in [5, 5.41) is 0.0429. The van der Waals surface area contributed by atoms with Crippen molar-refractivity contribution in [3.8, 4) is 5.75 Å². The molecule has 1 aromatic carbocycles. The van der Waals surface area contributed by atoms with Crippen molar-refractivity contribution in [2.45, 2.75) is 65.1 Å². The molecule has 124 valence electrons. The van der Waals surface area contributed by atoms with E-state index in [-0.39, 0.29) is 11.0 Å². The standard InChI is InChI=1S/C17H28O4Si/c1-13(19-14(2)18)16(20-15-11-9-8-10-12-15)21-22(6,7)17(3,4)5/h8-13,16H,1-7H3. The maximum atomic E-state index is 11.3. The van der Waals surface area contributed by atoms with Crippen LogP contribution < -0.4 is 4.74 Å². The van der Waals surface area contributed by atoms with Crippen molar-refractivity contribution in [1.82, 2.24) is 0 Å². The summed E-state index contributed by atoms with van der Waals surface area (Å²) in [5.41, 5.74) is 0. The molecular weight excluding hydrogens is 296 g/mol. The molecule has 0 saturated heterocycles. The van der Waals surface area contributed by atoms with Crippen molar-refractivity contribution in [1.29, 1.82) is 0 Å². The first-order chi connectivity index (χ1) is 10.0. The molecule has 0 bridgehead atoms. The molecule has 0 aromatic heterocycles. The normalized spacial score (nSPS) is 15.0. The summed E-state index contributed by atoms with van der Waals surface area (Å²) in [6.45, 7) is 14.0. The van der Waals surface area contributed by atoms with Gasteiger partial charge in [-0.1, -0.05) is 39.0 Å². The van der Waals surface area contributed by atoms with Gasteiger partial charge in [0.2, 0.25) is 6.29 Å².